The summed E-state index contributed by atoms with van der Waals surface area (Å²) in [5.74, 6) is -0.358. The van der Waals surface area contributed by atoms with Crippen molar-refractivity contribution in [3.05, 3.63) is 82.9 Å². The van der Waals surface area contributed by atoms with Gasteiger partial charge in [0.2, 0.25) is 11.8 Å². The lowest BCUT2D eigenvalue weighted by molar-refractivity contribution is -0.140. The highest BCUT2D eigenvalue weighted by atomic mass is 35.5. The van der Waals surface area contributed by atoms with E-state index in [1.54, 1.807) is 55.5 Å². The van der Waals surface area contributed by atoms with Crippen LogP contribution < -0.4 is 19.1 Å². The molecule has 42 heavy (non-hydrogen) atoms. The van der Waals surface area contributed by atoms with Crippen molar-refractivity contribution in [2.45, 2.75) is 57.6 Å². The van der Waals surface area contributed by atoms with Crippen LogP contribution in [0.25, 0.3) is 0 Å². The predicted octanol–water partition coefficient (Wildman–Crippen LogP) is 5.19. The Balaban J connectivity index is 2.08. The van der Waals surface area contributed by atoms with Gasteiger partial charge in [0.25, 0.3) is 10.0 Å². The minimum Gasteiger partial charge on any atom is -0.493 e. The van der Waals surface area contributed by atoms with E-state index in [0.717, 1.165) is 9.87 Å². The first-order valence-electron chi connectivity index (χ1n) is 13.3. The van der Waals surface area contributed by atoms with Gasteiger partial charge in [0.15, 0.2) is 11.5 Å². The average molecular weight is 616 g/mol. The van der Waals surface area contributed by atoms with Crippen LogP contribution in [0, 0.1) is 6.92 Å². The van der Waals surface area contributed by atoms with E-state index in [1.807, 2.05) is 27.7 Å². The number of sulfonamides is 1. The number of benzene rings is 3. The second-order valence-electron chi connectivity index (χ2n) is 10.9. The fourth-order valence-corrected chi connectivity index (χ4v) is 5.88. The zero-order valence-electron chi connectivity index (χ0n) is 25.0. The highest BCUT2D eigenvalue weighted by Crippen LogP contribution is 2.32. The SMILES string of the molecule is COc1ccc(S(=O)(=O)N(CC(=O)N(Cc2cccc(Cl)c2)[C@H](C)C(=O)NC(C)(C)C)c2ccc(C)cc2)cc1OC. The van der Waals surface area contributed by atoms with Gasteiger partial charge in [-0.05, 0) is 76.6 Å². The van der Waals surface area contributed by atoms with Crippen molar-refractivity contribution in [1.29, 1.82) is 0 Å². The number of carbonyl (C=O) groups is 2. The zero-order valence-corrected chi connectivity index (χ0v) is 26.5. The fourth-order valence-electron chi connectivity index (χ4n) is 4.23. The monoisotopic (exact) mass is 615 g/mol. The molecule has 0 spiro atoms. The van der Waals surface area contributed by atoms with Crippen molar-refractivity contribution in [1.82, 2.24) is 10.2 Å². The Hall–Kier alpha value is -3.76. The summed E-state index contributed by atoms with van der Waals surface area (Å²) in [6.45, 7) is 8.50. The number of ether oxygens (including phenoxy) is 2. The molecular weight excluding hydrogens is 578 g/mol. The zero-order chi connectivity index (χ0) is 31.2. The van der Waals surface area contributed by atoms with E-state index in [2.05, 4.69) is 5.32 Å². The van der Waals surface area contributed by atoms with E-state index in [-0.39, 0.29) is 23.1 Å². The number of hydrogen-bond acceptors (Lipinski definition) is 6. The minimum absolute atomic E-state index is 0.0380. The quantitative estimate of drug-likeness (QED) is 0.318. The Morgan fingerprint density at radius 3 is 2.17 bits per heavy atom. The van der Waals surface area contributed by atoms with Gasteiger partial charge in [0.1, 0.15) is 12.6 Å². The highest BCUT2D eigenvalue weighted by Gasteiger charge is 2.33. The lowest BCUT2D eigenvalue weighted by Gasteiger charge is -2.33. The van der Waals surface area contributed by atoms with Gasteiger partial charge in [0.05, 0.1) is 24.8 Å². The molecule has 0 saturated carbocycles. The van der Waals surface area contributed by atoms with E-state index < -0.39 is 34.1 Å². The molecule has 3 aromatic carbocycles. The van der Waals surface area contributed by atoms with Crippen molar-refractivity contribution >= 4 is 39.1 Å². The highest BCUT2D eigenvalue weighted by molar-refractivity contribution is 7.92. The number of halogens is 1. The van der Waals surface area contributed by atoms with Gasteiger partial charge in [-0.3, -0.25) is 13.9 Å². The normalized spacial score (nSPS) is 12.3. The van der Waals surface area contributed by atoms with Gasteiger partial charge >= 0.3 is 0 Å². The smallest absolute Gasteiger partial charge is 0.264 e. The van der Waals surface area contributed by atoms with Gasteiger partial charge in [-0.15, -0.1) is 0 Å². The van der Waals surface area contributed by atoms with Crippen LogP contribution in [0.4, 0.5) is 5.69 Å². The number of methoxy groups -OCH3 is 2. The summed E-state index contributed by atoms with van der Waals surface area (Å²) in [5.41, 5.74) is 1.36. The van der Waals surface area contributed by atoms with Crippen molar-refractivity contribution in [3.8, 4) is 11.5 Å². The average Bonchev–Trinajstić information content (AvgIpc) is 2.93. The molecule has 0 unspecified atom stereocenters. The standard InChI is InChI=1S/C31H38ClN3O6S/c1-21-11-13-25(14-12-21)35(42(38,39)26-15-16-27(40-6)28(18-26)41-7)20-29(36)34(19-23-9-8-10-24(32)17-23)22(2)30(37)33-31(3,4)5/h8-18,22H,19-20H2,1-7H3,(H,33,37)/t22-/m1/s1. The van der Waals surface area contributed by atoms with Crippen LogP contribution in [0.3, 0.4) is 0 Å². The van der Waals surface area contributed by atoms with E-state index in [9.17, 15) is 18.0 Å². The molecule has 0 aliphatic heterocycles. The number of rotatable bonds is 11. The maximum atomic E-state index is 14.1. The topological polar surface area (TPSA) is 105 Å². The molecule has 0 aliphatic rings. The molecule has 11 heteroatoms. The number of carbonyl (C=O) groups excluding carboxylic acids is 2. The molecule has 0 aliphatic carbocycles. The summed E-state index contributed by atoms with van der Waals surface area (Å²) >= 11 is 6.20. The van der Waals surface area contributed by atoms with Gasteiger partial charge in [0, 0.05) is 23.2 Å². The molecule has 0 bridgehead atoms. The number of amides is 2. The summed E-state index contributed by atoms with van der Waals surface area (Å²) in [4.78, 5) is 28.5. The number of hydrogen-bond donors (Lipinski definition) is 1. The van der Waals surface area contributed by atoms with Crippen molar-refractivity contribution in [2.24, 2.45) is 0 Å². The molecule has 2 amide bonds. The van der Waals surface area contributed by atoms with Crippen molar-refractivity contribution in [3.63, 3.8) is 0 Å². The molecule has 0 heterocycles. The molecule has 3 aromatic rings. The maximum absolute atomic E-state index is 14.1. The third-order valence-electron chi connectivity index (χ3n) is 6.45. The van der Waals surface area contributed by atoms with Crippen LogP contribution in [0.15, 0.2) is 71.6 Å². The molecule has 9 nitrogen and oxygen atoms in total. The van der Waals surface area contributed by atoms with Crippen LogP contribution in [-0.4, -0.2) is 57.5 Å². The first-order valence-corrected chi connectivity index (χ1v) is 15.2. The number of anilines is 1. The van der Waals surface area contributed by atoms with Crippen LogP contribution in [0.5, 0.6) is 11.5 Å². The minimum atomic E-state index is -4.28. The van der Waals surface area contributed by atoms with Crippen molar-refractivity contribution < 1.29 is 27.5 Å². The first kappa shape index (κ1) is 32.8. The predicted molar refractivity (Wildman–Crippen MR) is 165 cm³/mol. The molecule has 0 fully saturated rings. The van der Waals surface area contributed by atoms with Gasteiger partial charge in [-0.25, -0.2) is 8.42 Å². The summed E-state index contributed by atoms with van der Waals surface area (Å²) in [6.07, 6.45) is 0. The molecule has 1 N–H and O–H groups in total. The van der Waals surface area contributed by atoms with Crippen LogP contribution in [0.1, 0.15) is 38.8 Å². The third kappa shape index (κ3) is 8.17. The second kappa shape index (κ2) is 13.5. The fraction of sp³-hybridized carbons (Fsp3) is 0.355. The maximum Gasteiger partial charge on any atom is 0.264 e. The number of nitrogens with one attached hydrogen (secondary N) is 1. The van der Waals surface area contributed by atoms with E-state index in [0.29, 0.717) is 22.0 Å². The van der Waals surface area contributed by atoms with E-state index in [1.165, 1.54) is 37.3 Å². The molecule has 0 radical (unpaired) electrons. The molecule has 0 aromatic heterocycles. The Morgan fingerprint density at radius 1 is 0.952 bits per heavy atom. The number of nitrogens with zero attached hydrogens (tertiary/aromatic N) is 2. The Bertz CT molecular complexity index is 1520. The first-order chi connectivity index (χ1) is 19.7. The summed E-state index contributed by atoms with van der Waals surface area (Å²) < 4.78 is 39.8. The van der Waals surface area contributed by atoms with Gasteiger partial charge < -0.3 is 19.7 Å². The second-order valence-corrected chi connectivity index (χ2v) is 13.2. The molecule has 226 valence electrons. The number of aryl methyl sites for hydroxylation is 1. The van der Waals surface area contributed by atoms with Gasteiger partial charge in [-0.2, -0.15) is 0 Å². The third-order valence-corrected chi connectivity index (χ3v) is 8.46. The molecule has 0 saturated heterocycles. The lowest BCUT2D eigenvalue weighted by atomic mass is 10.1. The lowest BCUT2D eigenvalue weighted by Crippen LogP contribution is -2.54. The Kier molecular flexibility index (Phi) is 10.5. The Morgan fingerprint density at radius 2 is 1.60 bits per heavy atom. The summed E-state index contributed by atoms with van der Waals surface area (Å²) in [5, 5.41) is 3.38. The Labute approximate surface area is 253 Å². The summed E-state index contributed by atoms with van der Waals surface area (Å²) in [7, 11) is -1.42. The molecular formula is C31H38ClN3O6S. The van der Waals surface area contributed by atoms with Crippen LogP contribution in [-0.2, 0) is 26.2 Å². The summed E-state index contributed by atoms with van der Waals surface area (Å²) in [6, 6.07) is 17.1. The van der Waals surface area contributed by atoms with E-state index in [4.69, 9.17) is 21.1 Å². The molecule has 1 atom stereocenters. The van der Waals surface area contributed by atoms with E-state index >= 15 is 0 Å². The van der Waals surface area contributed by atoms with Crippen LogP contribution in [0.2, 0.25) is 5.02 Å². The molecule has 3 rings (SSSR count). The van der Waals surface area contributed by atoms with Gasteiger partial charge in [-0.1, -0.05) is 41.4 Å². The van der Waals surface area contributed by atoms with Crippen LogP contribution >= 0.6 is 11.6 Å². The largest absolute Gasteiger partial charge is 0.493 e. The van der Waals surface area contributed by atoms with Crippen molar-refractivity contribution in [2.75, 3.05) is 25.1 Å².